The van der Waals surface area contributed by atoms with E-state index in [1.807, 2.05) is 20.8 Å². The fraction of sp³-hybridized carbons (Fsp3) is 0.308. The van der Waals surface area contributed by atoms with Crippen LogP contribution in [0.25, 0.3) is 0 Å². The lowest BCUT2D eigenvalue weighted by Crippen LogP contribution is -2.19. The van der Waals surface area contributed by atoms with Crippen LogP contribution in [0, 0.1) is 0 Å². The van der Waals surface area contributed by atoms with Crippen LogP contribution in [0.1, 0.15) is 37.1 Å². The van der Waals surface area contributed by atoms with Crippen LogP contribution in [0.15, 0.2) is 24.9 Å². The Balaban J connectivity index is 2.41. The molecule has 2 aromatic rings. The van der Waals surface area contributed by atoms with Gasteiger partial charge in [-0.2, -0.15) is 0 Å². The molecule has 2 N–H and O–H groups in total. The summed E-state index contributed by atoms with van der Waals surface area (Å²) < 4.78 is 0. The van der Waals surface area contributed by atoms with E-state index in [0.29, 0.717) is 17.2 Å². The Morgan fingerprint density at radius 2 is 1.85 bits per heavy atom. The molecule has 20 heavy (non-hydrogen) atoms. The number of aromatic nitrogens is 4. The molecule has 0 saturated heterocycles. The molecule has 7 heteroatoms. The number of carboxylic acid groups (broad SMARTS) is 1. The number of anilines is 2. The minimum Gasteiger partial charge on any atom is -0.476 e. The molecule has 0 amide bonds. The molecule has 2 aromatic heterocycles. The Labute approximate surface area is 116 Å². The molecular formula is C13H15N5O2. The minimum absolute atomic E-state index is 0.0752. The van der Waals surface area contributed by atoms with Crippen LogP contribution >= 0.6 is 0 Å². The number of hydrogen-bond acceptors (Lipinski definition) is 6. The number of aromatic carboxylic acids is 1. The summed E-state index contributed by atoms with van der Waals surface area (Å²) in [5.41, 5.74) is 0.481. The first-order valence-corrected chi connectivity index (χ1v) is 6.01. The summed E-state index contributed by atoms with van der Waals surface area (Å²) in [7, 11) is 0. The van der Waals surface area contributed by atoms with E-state index in [9.17, 15) is 9.90 Å². The van der Waals surface area contributed by atoms with Crippen molar-refractivity contribution in [2.45, 2.75) is 26.2 Å². The van der Waals surface area contributed by atoms with Gasteiger partial charge in [-0.05, 0) is 0 Å². The third-order valence-corrected chi connectivity index (χ3v) is 2.50. The number of nitrogens with one attached hydrogen (secondary N) is 1. The van der Waals surface area contributed by atoms with E-state index in [1.54, 1.807) is 0 Å². The maximum atomic E-state index is 11.3. The van der Waals surface area contributed by atoms with Crippen molar-refractivity contribution in [2.75, 3.05) is 5.32 Å². The van der Waals surface area contributed by atoms with Gasteiger partial charge in [-0.25, -0.2) is 24.7 Å². The Kier molecular flexibility index (Phi) is 3.60. The largest absolute Gasteiger partial charge is 0.476 e. The second-order valence-corrected chi connectivity index (χ2v) is 5.26. The topological polar surface area (TPSA) is 101 Å². The highest BCUT2D eigenvalue weighted by Gasteiger charge is 2.21. The van der Waals surface area contributed by atoms with Crippen LogP contribution < -0.4 is 5.32 Å². The summed E-state index contributed by atoms with van der Waals surface area (Å²) in [6.07, 6.45) is 5.93. The van der Waals surface area contributed by atoms with E-state index in [0.717, 1.165) is 0 Å². The van der Waals surface area contributed by atoms with Crippen molar-refractivity contribution < 1.29 is 9.90 Å². The highest BCUT2D eigenvalue weighted by molar-refractivity contribution is 5.92. The molecule has 0 aliphatic carbocycles. The van der Waals surface area contributed by atoms with Crippen LogP contribution in [0.5, 0.6) is 0 Å². The molecule has 0 bridgehead atoms. The smallest absolute Gasteiger partial charge is 0.356 e. The van der Waals surface area contributed by atoms with Gasteiger partial charge in [-0.15, -0.1) is 0 Å². The molecule has 0 spiro atoms. The fourth-order valence-electron chi connectivity index (χ4n) is 1.52. The first-order chi connectivity index (χ1) is 9.38. The molecule has 7 nitrogen and oxygen atoms in total. The number of carbonyl (C=O) groups is 1. The number of hydrogen-bond donors (Lipinski definition) is 2. The standard InChI is InChI=1S/C13H15N5O2/c1-13(2,3)12-16-6-9(10(18-12)11(19)20)17-8-4-14-7-15-5-8/h4-7,17H,1-3H3,(H,19,20). The van der Waals surface area contributed by atoms with Gasteiger partial charge in [-0.3, -0.25) is 0 Å². The maximum absolute atomic E-state index is 11.3. The van der Waals surface area contributed by atoms with Crippen molar-refractivity contribution >= 4 is 17.3 Å². The molecule has 0 atom stereocenters. The monoisotopic (exact) mass is 273 g/mol. The van der Waals surface area contributed by atoms with E-state index < -0.39 is 5.97 Å². The zero-order chi connectivity index (χ0) is 14.8. The Morgan fingerprint density at radius 1 is 1.20 bits per heavy atom. The van der Waals surface area contributed by atoms with E-state index in [2.05, 4.69) is 25.3 Å². The zero-order valence-corrected chi connectivity index (χ0v) is 11.5. The number of carboxylic acids is 1. The molecule has 0 aliphatic rings. The van der Waals surface area contributed by atoms with Crippen LogP contribution in [0.4, 0.5) is 11.4 Å². The SMILES string of the molecule is CC(C)(C)c1ncc(Nc2cncnc2)c(C(=O)O)n1. The molecule has 0 saturated carbocycles. The average Bonchev–Trinajstić information content (AvgIpc) is 2.38. The Morgan fingerprint density at radius 3 is 2.40 bits per heavy atom. The molecular weight excluding hydrogens is 258 g/mol. The summed E-state index contributed by atoms with van der Waals surface area (Å²) in [6, 6.07) is 0. The van der Waals surface area contributed by atoms with Gasteiger partial charge in [-0.1, -0.05) is 20.8 Å². The van der Waals surface area contributed by atoms with Crippen molar-refractivity contribution in [3.63, 3.8) is 0 Å². The maximum Gasteiger partial charge on any atom is 0.356 e. The highest BCUT2D eigenvalue weighted by atomic mass is 16.4. The van der Waals surface area contributed by atoms with Crippen LogP contribution in [0.2, 0.25) is 0 Å². The second kappa shape index (κ2) is 5.20. The van der Waals surface area contributed by atoms with Crippen molar-refractivity contribution in [2.24, 2.45) is 0 Å². The normalized spacial score (nSPS) is 11.2. The minimum atomic E-state index is -1.11. The fourth-order valence-corrected chi connectivity index (χ4v) is 1.52. The van der Waals surface area contributed by atoms with Crippen LogP contribution in [-0.2, 0) is 5.41 Å². The second-order valence-electron chi connectivity index (χ2n) is 5.26. The van der Waals surface area contributed by atoms with Crippen molar-refractivity contribution in [3.05, 3.63) is 36.4 Å². The number of nitrogens with zero attached hydrogens (tertiary/aromatic N) is 4. The van der Waals surface area contributed by atoms with Gasteiger partial charge >= 0.3 is 5.97 Å². The van der Waals surface area contributed by atoms with Gasteiger partial charge in [0.05, 0.1) is 30.0 Å². The molecule has 0 unspecified atom stereocenters. The summed E-state index contributed by atoms with van der Waals surface area (Å²) >= 11 is 0. The van der Waals surface area contributed by atoms with Gasteiger partial charge in [0.25, 0.3) is 0 Å². The van der Waals surface area contributed by atoms with Gasteiger partial charge < -0.3 is 10.4 Å². The molecule has 0 fully saturated rings. The molecule has 104 valence electrons. The third-order valence-electron chi connectivity index (χ3n) is 2.50. The van der Waals surface area contributed by atoms with Gasteiger partial charge in [0, 0.05) is 5.41 Å². The quantitative estimate of drug-likeness (QED) is 0.881. The van der Waals surface area contributed by atoms with Gasteiger partial charge in [0.15, 0.2) is 5.69 Å². The summed E-state index contributed by atoms with van der Waals surface area (Å²) in [5, 5.41) is 12.2. The molecule has 0 aromatic carbocycles. The predicted molar refractivity (Wildman–Crippen MR) is 73.0 cm³/mol. The Bertz CT molecular complexity index is 622. The van der Waals surface area contributed by atoms with Gasteiger partial charge in [0.1, 0.15) is 12.2 Å². The lowest BCUT2D eigenvalue weighted by molar-refractivity contribution is 0.0691. The van der Waals surface area contributed by atoms with E-state index in [1.165, 1.54) is 24.9 Å². The lowest BCUT2D eigenvalue weighted by atomic mass is 9.95. The van der Waals surface area contributed by atoms with E-state index in [-0.39, 0.29) is 11.1 Å². The van der Waals surface area contributed by atoms with E-state index >= 15 is 0 Å². The molecule has 0 aliphatic heterocycles. The highest BCUT2D eigenvalue weighted by Crippen LogP contribution is 2.23. The van der Waals surface area contributed by atoms with Crippen LogP contribution in [-0.4, -0.2) is 31.0 Å². The zero-order valence-electron chi connectivity index (χ0n) is 11.5. The first-order valence-electron chi connectivity index (χ1n) is 6.01. The Hall–Kier alpha value is -2.57. The molecule has 2 heterocycles. The predicted octanol–water partition coefficient (Wildman–Crippen LogP) is 2.01. The van der Waals surface area contributed by atoms with Gasteiger partial charge in [0.2, 0.25) is 0 Å². The number of rotatable bonds is 3. The van der Waals surface area contributed by atoms with Crippen molar-refractivity contribution in [3.8, 4) is 0 Å². The van der Waals surface area contributed by atoms with Crippen molar-refractivity contribution in [1.29, 1.82) is 0 Å². The van der Waals surface area contributed by atoms with Crippen molar-refractivity contribution in [1.82, 2.24) is 19.9 Å². The van der Waals surface area contributed by atoms with Crippen LogP contribution in [0.3, 0.4) is 0 Å². The first kappa shape index (κ1) is 13.9. The summed E-state index contributed by atoms with van der Waals surface area (Å²) in [6.45, 7) is 5.77. The third kappa shape index (κ3) is 3.05. The molecule has 0 radical (unpaired) electrons. The molecule has 2 rings (SSSR count). The summed E-state index contributed by atoms with van der Waals surface area (Å²) in [5.74, 6) is -0.637. The summed E-state index contributed by atoms with van der Waals surface area (Å²) in [4.78, 5) is 27.4. The lowest BCUT2D eigenvalue weighted by Gasteiger charge is -2.17. The average molecular weight is 273 g/mol. The van der Waals surface area contributed by atoms with E-state index in [4.69, 9.17) is 0 Å².